The molecule has 1 aliphatic heterocycles. The van der Waals surface area contributed by atoms with Crippen LogP contribution in [0.5, 0.6) is 5.75 Å². The Morgan fingerprint density at radius 1 is 1.53 bits per heavy atom. The van der Waals surface area contributed by atoms with E-state index in [0.29, 0.717) is 13.2 Å². The van der Waals surface area contributed by atoms with Gasteiger partial charge in [-0.15, -0.1) is 0 Å². The van der Waals surface area contributed by atoms with Gasteiger partial charge in [-0.25, -0.2) is 0 Å². The van der Waals surface area contributed by atoms with Gasteiger partial charge < -0.3 is 19.7 Å². The van der Waals surface area contributed by atoms with Crippen molar-refractivity contribution in [2.24, 2.45) is 0 Å². The minimum atomic E-state index is -1.07. The lowest BCUT2D eigenvalue weighted by molar-refractivity contribution is -0.142. The van der Waals surface area contributed by atoms with E-state index < -0.39 is 24.2 Å². The van der Waals surface area contributed by atoms with Gasteiger partial charge in [-0.05, 0) is 17.7 Å². The van der Waals surface area contributed by atoms with Crippen LogP contribution < -0.4 is 10.1 Å². The Kier molecular flexibility index (Phi) is 4.36. The lowest BCUT2D eigenvalue weighted by Crippen LogP contribution is -2.40. The van der Waals surface area contributed by atoms with E-state index in [1.54, 1.807) is 7.11 Å². The van der Waals surface area contributed by atoms with Gasteiger partial charge in [0.2, 0.25) is 0 Å². The van der Waals surface area contributed by atoms with E-state index >= 15 is 0 Å². The molecule has 2 rings (SSSR count). The molecule has 3 atom stereocenters. The van der Waals surface area contributed by atoms with Crippen molar-refractivity contribution in [2.45, 2.75) is 24.9 Å². The van der Waals surface area contributed by atoms with Crippen molar-refractivity contribution in [2.75, 3.05) is 13.7 Å². The number of nitrogens with one attached hydrogen (secondary N) is 1. The molecule has 0 saturated carbocycles. The highest BCUT2D eigenvalue weighted by Gasteiger charge is 2.39. The van der Waals surface area contributed by atoms with E-state index in [-0.39, 0.29) is 0 Å². The average Bonchev–Trinajstić information content (AvgIpc) is 2.78. The normalized spacial score (nSPS) is 26.3. The molecule has 0 radical (unpaired) electrons. The smallest absolute Gasteiger partial charge is 0.323 e. The molecular formula is C13H17NO5. The van der Waals surface area contributed by atoms with Gasteiger partial charge in [-0.3, -0.25) is 10.1 Å². The molecule has 1 aromatic rings. The van der Waals surface area contributed by atoms with Crippen LogP contribution in [0.15, 0.2) is 24.3 Å². The minimum absolute atomic E-state index is 0.299. The van der Waals surface area contributed by atoms with E-state index in [1.165, 1.54) is 0 Å². The van der Waals surface area contributed by atoms with Gasteiger partial charge in [0.1, 0.15) is 17.9 Å². The Morgan fingerprint density at radius 2 is 2.32 bits per heavy atom. The summed E-state index contributed by atoms with van der Waals surface area (Å²) in [5, 5.41) is 21.4. The Bertz CT molecular complexity index is 450. The summed E-state index contributed by atoms with van der Waals surface area (Å²) in [6.07, 6.45) is -1.56. The summed E-state index contributed by atoms with van der Waals surface area (Å²) in [5.74, 6) is -0.338. The lowest BCUT2D eigenvalue weighted by atomic mass is 10.1. The summed E-state index contributed by atoms with van der Waals surface area (Å²) >= 11 is 0. The first kappa shape index (κ1) is 13.8. The first-order valence-electron chi connectivity index (χ1n) is 6.00. The molecule has 6 nitrogen and oxygen atoms in total. The quantitative estimate of drug-likeness (QED) is 0.696. The molecule has 1 aromatic carbocycles. The first-order chi connectivity index (χ1) is 9.11. The van der Waals surface area contributed by atoms with Crippen LogP contribution in [0.25, 0.3) is 0 Å². The molecule has 3 N–H and O–H groups in total. The van der Waals surface area contributed by atoms with E-state index in [2.05, 4.69) is 5.32 Å². The summed E-state index contributed by atoms with van der Waals surface area (Å²) in [6.45, 7) is 0.620. The number of aliphatic carboxylic acids is 1. The number of benzene rings is 1. The third-order valence-corrected chi connectivity index (χ3v) is 3.13. The van der Waals surface area contributed by atoms with Crippen molar-refractivity contribution in [1.82, 2.24) is 5.32 Å². The molecule has 0 aliphatic carbocycles. The number of hydrogen-bond acceptors (Lipinski definition) is 5. The summed E-state index contributed by atoms with van der Waals surface area (Å²) in [6, 6.07) is 6.43. The molecule has 0 bridgehead atoms. The molecule has 1 saturated heterocycles. The van der Waals surface area contributed by atoms with Crippen LogP contribution in [0.1, 0.15) is 5.56 Å². The third kappa shape index (κ3) is 3.23. The molecule has 1 heterocycles. The van der Waals surface area contributed by atoms with E-state index in [0.717, 1.165) is 11.3 Å². The van der Waals surface area contributed by atoms with Gasteiger partial charge in [0.05, 0.1) is 19.8 Å². The van der Waals surface area contributed by atoms with Gasteiger partial charge >= 0.3 is 5.97 Å². The first-order valence-corrected chi connectivity index (χ1v) is 6.00. The molecule has 6 heteroatoms. The molecule has 1 fully saturated rings. The van der Waals surface area contributed by atoms with Crippen molar-refractivity contribution in [3.8, 4) is 5.75 Å². The number of carboxylic acid groups (broad SMARTS) is 1. The standard InChI is InChI=1S/C13H17NO5/c1-18-9-4-2-3-8(5-9)7-19-10-6-14-11(12(10)15)13(16)17/h2-5,10-12,14-15H,6-7H2,1H3,(H,16,17)/t10?,11-,12?/m0/s1. The van der Waals surface area contributed by atoms with Crippen molar-refractivity contribution >= 4 is 5.97 Å². The van der Waals surface area contributed by atoms with E-state index in [9.17, 15) is 9.90 Å². The number of aliphatic hydroxyl groups is 1. The second-order valence-electron chi connectivity index (χ2n) is 4.42. The fourth-order valence-corrected chi connectivity index (χ4v) is 2.06. The Hall–Kier alpha value is -1.63. The zero-order valence-electron chi connectivity index (χ0n) is 10.6. The predicted molar refractivity (Wildman–Crippen MR) is 67.0 cm³/mol. The molecule has 0 aromatic heterocycles. The van der Waals surface area contributed by atoms with Crippen LogP contribution in [-0.2, 0) is 16.1 Å². The van der Waals surface area contributed by atoms with Crippen LogP contribution >= 0.6 is 0 Å². The van der Waals surface area contributed by atoms with Crippen molar-refractivity contribution in [3.63, 3.8) is 0 Å². The molecule has 1 aliphatic rings. The zero-order valence-corrected chi connectivity index (χ0v) is 10.6. The van der Waals surface area contributed by atoms with Crippen LogP contribution in [-0.4, -0.2) is 48.1 Å². The molecule has 0 spiro atoms. The number of hydrogen-bond donors (Lipinski definition) is 3. The SMILES string of the molecule is COc1cccc(COC2CN[C@H](C(=O)O)C2O)c1. The molecule has 104 valence electrons. The predicted octanol–water partition coefficient (Wildman–Crippen LogP) is -0.00230. The van der Waals surface area contributed by atoms with Gasteiger partial charge in [0.15, 0.2) is 0 Å². The van der Waals surface area contributed by atoms with Crippen molar-refractivity contribution < 1.29 is 24.5 Å². The summed E-state index contributed by atoms with van der Waals surface area (Å²) < 4.78 is 10.7. The number of aliphatic hydroxyl groups excluding tert-OH is 1. The van der Waals surface area contributed by atoms with Gasteiger partial charge in [0, 0.05) is 6.54 Å². The lowest BCUT2D eigenvalue weighted by Gasteiger charge is -2.16. The maximum Gasteiger partial charge on any atom is 0.323 e. The summed E-state index contributed by atoms with van der Waals surface area (Å²) in [7, 11) is 1.59. The average molecular weight is 267 g/mol. The number of rotatable bonds is 5. The largest absolute Gasteiger partial charge is 0.497 e. The zero-order chi connectivity index (χ0) is 13.8. The Morgan fingerprint density at radius 3 is 2.95 bits per heavy atom. The fourth-order valence-electron chi connectivity index (χ4n) is 2.06. The highest BCUT2D eigenvalue weighted by molar-refractivity contribution is 5.74. The molecule has 19 heavy (non-hydrogen) atoms. The second-order valence-corrected chi connectivity index (χ2v) is 4.42. The summed E-state index contributed by atoms with van der Waals surface area (Å²) in [4.78, 5) is 10.8. The van der Waals surface area contributed by atoms with Crippen LogP contribution in [0.2, 0.25) is 0 Å². The van der Waals surface area contributed by atoms with Crippen LogP contribution in [0.3, 0.4) is 0 Å². The molecular weight excluding hydrogens is 250 g/mol. The van der Waals surface area contributed by atoms with Crippen molar-refractivity contribution in [1.29, 1.82) is 0 Å². The number of ether oxygens (including phenoxy) is 2. The third-order valence-electron chi connectivity index (χ3n) is 3.13. The Balaban J connectivity index is 1.90. The maximum atomic E-state index is 10.8. The van der Waals surface area contributed by atoms with Crippen LogP contribution in [0.4, 0.5) is 0 Å². The van der Waals surface area contributed by atoms with E-state index in [1.807, 2.05) is 24.3 Å². The monoisotopic (exact) mass is 267 g/mol. The number of carbonyl (C=O) groups is 1. The Labute approximate surface area is 111 Å². The summed E-state index contributed by atoms with van der Waals surface area (Å²) in [5.41, 5.74) is 0.908. The second kappa shape index (κ2) is 6.01. The minimum Gasteiger partial charge on any atom is -0.497 e. The fraction of sp³-hybridized carbons (Fsp3) is 0.462. The maximum absolute atomic E-state index is 10.8. The number of carboxylic acids is 1. The van der Waals surface area contributed by atoms with Gasteiger partial charge in [-0.1, -0.05) is 12.1 Å². The highest BCUT2D eigenvalue weighted by atomic mass is 16.5. The van der Waals surface area contributed by atoms with Gasteiger partial charge in [-0.2, -0.15) is 0 Å². The highest BCUT2D eigenvalue weighted by Crippen LogP contribution is 2.17. The molecule has 0 amide bonds. The number of methoxy groups -OCH3 is 1. The van der Waals surface area contributed by atoms with Crippen molar-refractivity contribution in [3.05, 3.63) is 29.8 Å². The van der Waals surface area contributed by atoms with E-state index in [4.69, 9.17) is 14.6 Å². The van der Waals surface area contributed by atoms with Crippen LogP contribution in [0, 0.1) is 0 Å². The van der Waals surface area contributed by atoms with Gasteiger partial charge in [0.25, 0.3) is 0 Å². The topological polar surface area (TPSA) is 88.0 Å². The molecule has 2 unspecified atom stereocenters.